The lowest BCUT2D eigenvalue weighted by Crippen LogP contribution is -2.01. The van der Waals surface area contributed by atoms with E-state index in [1.807, 2.05) is 0 Å². The summed E-state index contributed by atoms with van der Waals surface area (Å²) < 4.78 is 18.3. The number of halogens is 2. The van der Waals surface area contributed by atoms with Crippen LogP contribution in [-0.4, -0.2) is 9.97 Å². The van der Waals surface area contributed by atoms with E-state index in [2.05, 4.69) is 9.97 Å². The molecule has 0 atom stereocenters. The Kier molecular flexibility index (Phi) is 3.51. The molecule has 1 heterocycles. The fraction of sp³-hybridized carbons (Fsp3) is 0.0909. The summed E-state index contributed by atoms with van der Waals surface area (Å²) in [5, 5.41) is -0.00885. The lowest BCUT2D eigenvalue weighted by atomic mass is 10.3. The molecule has 2 N–H and O–H groups in total. The Bertz CT molecular complexity index is 536. The Hall–Kier alpha value is -1.72. The fourth-order valence-electron chi connectivity index (χ4n) is 1.19. The molecule has 0 aliphatic carbocycles. The van der Waals surface area contributed by atoms with Crippen LogP contribution < -0.4 is 10.5 Å². The third-order valence-electron chi connectivity index (χ3n) is 1.98. The summed E-state index contributed by atoms with van der Waals surface area (Å²) in [5.41, 5.74) is 6.03. The van der Waals surface area contributed by atoms with Gasteiger partial charge in [0.25, 0.3) is 0 Å². The van der Waals surface area contributed by atoms with Gasteiger partial charge in [0.2, 0.25) is 5.88 Å². The van der Waals surface area contributed by atoms with Crippen LogP contribution in [0.4, 0.5) is 4.39 Å². The highest BCUT2D eigenvalue weighted by molar-refractivity contribution is 6.30. The molecule has 1 aromatic carbocycles. The van der Waals surface area contributed by atoms with Crippen molar-refractivity contribution in [3.05, 3.63) is 47.1 Å². The second kappa shape index (κ2) is 5.07. The maximum atomic E-state index is 12.9. The van der Waals surface area contributed by atoms with Gasteiger partial charge in [-0.05, 0) is 12.1 Å². The fourth-order valence-corrected chi connectivity index (χ4v) is 1.37. The summed E-state index contributed by atoms with van der Waals surface area (Å²) in [7, 11) is 0. The molecule has 88 valence electrons. The zero-order valence-electron chi connectivity index (χ0n) is 8.73. The van der Waals surface area contributed by atoms with E-state index in [0.29, 0.717) is 11.4 Å². The predicted molar refractivity (Wildman–Crippen MR) is 61.4 cm³/mol. The monoisotopic (exact) mass is 253 g/mol. The molecule has 4 nitrogen and oxygen atoms in total. The van der Waals surface area contributed by atoms with E-state index in [1.54, 1.807) is 6.20 Å². The summed E-state index contributed by atoms with van der Waals surface area (Å²) in [5.74, 6) is 0.177. The summed E-state index contributed by atoms with van der Waals surface area (Å²) in [6.45, 7) is 0.272. The third kappa shape index (κ3) is 2.89. The normalized spacial score (nSPS) is 10.3. The molecule has 0 radical (unpaired) electrons. The number of nitrogens with zero attached hydrogens (tertiary/aromatic N) is 2. The minimum atomic E-state index is -0.499. The number of ether oxygens (including phenoxy) is 1. The topological polar surface area (TPSA) is 61.0 Å². The van der Waals surface area contributed by atoms with Crippen LogP contribution in [0, 0.1) is 5.82 Å². The summed E-state index contributed by atoms with van der Waals surface area (Å²) in [6.07, 6.45) is 2.99. The molecule has 1 aromatic heterocycles. The number of benzene rings is 1. The lowest BCUT2D eigenvalue weighted by Gasteiger charge is -2.05. The van der Waals surface area contributed by atoms with Crippen molar-refractivity contribution in [2.45, 2.75) is 6.54 Å². The van der Waals surface area contributed by atoms with Gasteiger partial charge in [-0.1, -0.05) is 11.6 Å². The van der Waals surface area contributed by atoms with Crippen LogP contribution in [0.1, 0.15) is 5.69 Å². The second-order valence-corrected chi connectivity index (χ2v) is 3.64. The first-order valence-electron chi connectivity index (χ1n) is 4.83. The first-order valence-corrected chi connectivity index (χ1v) is 5.20. The molecule has 0 saturated heterocycles. The third-order valence-corrected chi connectivity index (χ3v) is 2.27. The first kappa shape index (κ1) is 11.8. The van der Waals surface area contributed by atoms with E-state index in [-0.39, 0.29) is 17.4 Å². The number of hydrogen-bond acceptors (Lipinski definition) is 4. The Labute approximate surface area is 102 Å². The minimum absolute atomic E-state index is 0.00885. The maximum Gasteiger partial charge on any atom is 0.238 e. The van der Waals surface area contributed by atoms with E-state index in [1.165, 1.54) is 24.4 Å². The zero-order valence-corrected chi connectivity index (χ0v) is 9.49. The van der Waals surface area contributed by atoms with Crippen molar-refractivity contribution >= 4 is 11.6 Å². The summed E-state index contributed by atoms with van der Waals surface area (Å²) >= 11 is 5.63. The Morgan fingerprint density at radius 2 is 2.18 bits per heavy atom. The van der Waals surface area contributed by atoms with Crippen molar-refractivity contribution in [3.63, 3.8) is 0 Å². The molecule has 0 spiro atoms. The molecule has 0 fully saturated rings. The Morgan fingerprint density at radius 3 is 2.88 bits per heavy atom. The molecule has 0 amide bonds. The van der Waals surface area contributed by atoms with Crippen LogP contribution in [0.2, 0.25) is 5.02 Å². The molecule has 0 aliphatic rings. The number of hydrogen-bond donors (Lipinski definition) is 1. The Morgan fingerprint density at radius 1 is 1.35 bits per heavy atom. The molecular weight excluding hydrogens is 245 g/mol. The van der Waals surface area contributed by atoms with Gasteiger partial charge in [-0.15, -0.1) is 0 Å². The van der Waals surface area contributed by atoms with Crippen molar-refractivity contribution in [3.8, 4) is 11.6 Å². The van der Waals surface area contributed by atoms with Gasteiger partial charge < -0.3 is 10.5 Å². The quantitative estimate of drug-likeness (QED) is 0.913. The van der Waals surface area contributed by atoms with Crippen molar-refractivity contribution in [1.29, 1.82) is 0 Å². The van der Waals surface area contributed by atoms with E-state index in [9.17, 15) is 4.39 Å². The van der Waals surface area contributed by atoms with Crippen LogP contribution in [-0.2, 0) is 6.54 Å². The van der Waals surface area contributed by atoms with Crippen LogP contribution in [0.5, 0.6) is 11.6 Å². The molecule has 2 rings (SSSR count). The molecule has 2 aromatic rings. The highest BCUT2D eigenvalue weighted by atomic mass is 35.5. The highest BCUT2D eigenvalue weighted by Crippen LogP contribution is 2.24. The molecule has 0 saturated carbocycles. The zero-order chi connectivity index (χ0) is 12.3. The van der Waals surface area contributed by atoms with E-state index < -0.39 is 5.82 Å². The smallest absolute Gasteiger partial charge is 0.238 e. The SMILES string of the molecule is NCc1cncc(Oc2ccc(F)c(Cl)c2)n1. The average molecular weight is 254 g/mol. The van der Waals surface area contributed by atoms with Crippen molar-refractivity contribution in [2.75, 3.05) is 0 Å². The van der Waals surface area contributed by atoms with Gasteiger partial charge >= 0.3 is 0 Å². The van der Waals surface area contributed by atoms with Gasteiger partial charge in [0, 0.05) is 18.8 Å². The maximum absolute atomic E-state index is 12.9. The molecule has 0 bridgehead atoms. The van der Waals surface area contributed by atoms with Crippen molar-refractivity contribution in [1.82, 2.24) is 9.97 Å². The van der Waals surface area contributed by atoms with Crippen LogP contribution in [0.3, 0.4) is 0 Å². The average Bonchev–Trinajstić information content (AvgIpc) is 2.34. The Balaban J connectivity index is 2.22. The highest BCUT2D eigenvalue weighted by Gasteiger charge is 2.04. The van der Waals surface area contributed by atoms with Gasteiger partial charge in [0.05, 0.1) is 16.9 Å². The first-order chi connectivity index (χ1) is 8.19. The molecular formula is C11H9ClFN3O. The van der Waals surface area contributed by atoms with Crippen LogP contribution >= 0.6 is 11.6 Å². The molecule has 17 heavy (non-hydrogen) atoms. The largest absolute Gasteiger partial charge is 0.437 e. The number of aromatic nitrogens is 2. The van der Waals surface area contributed by atoms with Gasteiger partial charge in [-0.3, -0.25) is 4.98 Å². The van der Waals surface area contributed by atoms with Crippen molar-refractivity contribution in [2.24, 2.45) is 5.73 Å². The van der Waals surface area contributed by atoms with Gasteiger partial charge in [-0.2, -0.15) is 0 Å². The number of nitrogens with two attached hydrogens (primary N) is 1. The summed E-state index contributed by atoms with van der Waals surface area (Å²) in [6, 6.07) is 4.05. The van der Waals surface area contributed by atoms with E-state index in [0.717, 1.165) is 0 Å². The van der Waals surface area contributed by atoms with Gasteiger partial charge in [0.15, 0.2) is 0 Å². The van der Waals surface area contributed by atoms with Gasteiger partial charge in [0.1, 0.15) is 11.6 Å². The van der Waals surface area contributed by atoms with Gasteiger partial charge in [-0.25, -0.2) is 9.37 Å². The lowest BCUT2D eigenvalue weighted by molar-refractivity contribution is 0.456. The molecule has 6 heteroatoms. The van der Waals surface area contributed by atoms with Crippen LogP contribution in [0.15, 0.2) is 30.6 Å². The van der Waals surface area contributed by atoms with E-state index >= 15 is 0 Å². The molecule has 0 unspecified atom stereocenters. The van der Waals surface area contributed by atoms with Crippen molar-refractivity contribution < 1.29 is 9.13 Å². The summed E-state index contributed by atoms with van der Waals surface area (Å²) in [4.78, 5) is 8.01. The van der Waals surface area contributed by atoms with Crippen LogP contribution in [0.25, 0.3) is 0 Å². The molecule has 0 aliphatic heterocycles. The minimum Gasteiger partial charge on any atom is -0.437 e. The standard InChI is InChI=1S/C11H9ClFN3O/c12-9-3-8(1-2-10(9)13)17-11-6-15-5-7(4-14)16-11/h1-3,5-6H,4,14H2. The predicted octanol–water partition coefficient (Wildman–Crippen LogP) is 2.52. The second-order valence-electron chi connectivity index (χ2n) is 3.23. The number of rotatable bonds is 3. The van der Waals surface area contributed by atoms with E-state index in [4.69, 9.17) is 22.1 Å².